The lowest BCUT2D eigenvalue weighted by molar-refractivity contribution is 0.0634. The largest absolute Gasteiger partial charge is 0.493 e. The molecule has 2 aromatic rings. The molecule has 0 unspecified atom stereocenters. The summed E-state index contributed by atoms with van der Waals surface area (Å²) in [4.78, 5) is 43.8. The number of hydrogen-bond acceptors (Lipinski definition) is 11. The lowest BCUT2D eigenvalue weighted by Crippen LogP contribution is -2.46. The van der Waals surface area contributed by atoms with E-state index in [2.05, 4.69) is 52.3 Å². The summed E-state index contributed by atoms with van der Waals surface area (Å²) in [5.41, 5.74) is 8.47. The van der Waals surface area contributed by atoms with E-state index in [9.17, 15) is 19.5 Å². The van der Waals surface area contributed by atoms with Crippen LogP contribution in [-0.4, -0.2) is 113 Å². The molecule has 4 rings (SSSR count). The monoisotopic (exact) mass is 838 g/mol. The Bertz CT molecular complexity index is 1870. The number of ether oxygens (including phenoxy) is 5. The van der Waals surface area contributed by atoms with E-state index in [1.165, 1.54) is 25.2 Å². The zero-order valence-electron chi connectivity index (χ0n) is 36.7. The highest BCUT2D eigenvalue weighted by atomic mass is 28.4. The van der Waals surface area contributed by atoms with E-state index in [0.717, 1.165) is 17.6 Å². The molecule has 0 aromatic heterocycles. The molecule has 0 saturated carbocycles. The molecule has 59 heavy (non-hydrogen) atoms. The van der Waals surface area contributed by atoms with Crippen LogP contribution in [0.5, 0.6) is 23.0 Å². The normalized spacial score (nSPS) is 17.3. The minimum atomic E-state index is -2.02. The summed E-state index contributed by atoms with van der Waals surface area (Å²) in [6.07, 6.45) is 2.52. The summed E-state index contributed by atoms with van der Waals surface area (Å²) in [6.45, 7) is 26.0. The highest BCUT2D eigenvalue weighted by Crippen LogP contribution is 2.39. The number of benzene rings is 2. The maximum Gasteiger partial charge on any atom is 0.412 e. The molecule has 2 aliphatic heterocycles. The lowest BCUT2D eigenvalue weighted by Gasteiger charge is -2.38. The van der Waals surface area contributed by atoms with Crippen LogP contribution in [-0.2, 0) is 9.16 Å². The molecular weight excluding hydrogens is 773 g/mol. The molecule has 2 fully saturated rings. The van der Waals surface area contributed by atoms with E-state index in [1.807, 2.05) is 0 Å². The molecule has 3 amide bonds. The number of nitrogens with two attached hydrogens (primary N) is 1. The highest BCUT2D eigenvalue weighted by Gasteiger charge is 2.40. The number of hydrogen-bond donors (Lipinski definition) is 3. The Kier molecular flexibility index (Phi) is 15.6. The van der Waals surface area contributed by atoms with Crippen molar-refractivity contribution in [3.05, 3.63) is 59.7 Å². The van der Waals surface area contributed by atoms with Gasteiger partial charge in [-0.15, -0.1) is 0 Å². The smallest absolute Gasteiger partial charge is 0.412 e. The van der Waals surface area contributed by atoms with Gasteiger partial charge in [-0.25, -0.2) is 4.79 Å². The second-order valence-electron chi connectivity index (χ2n) is 17.9. The summed E-state index contributed by atoms with van der Waals surface area (Å²) in [7, 11) is 0.978. The van der Waals surface area contributed by atoms with Gasteiger partial charge in [0, 0.05) is 30.9 Å². The third-order valence-electron chi connectivity index (χ3n) is 10.9. The molecule has 326 valence electrons. The summed E-state index contributed by atoms with van der Waals surface area (Å²) in [5.74, 6) is 0.888. The van der Waals surface area contributed by atoms with Crippen LogP contribution in [0.4, 0.5) is 16.2 Å². The molecule has 15 heteroatoms. The number of aliphatic hydroxyl groups excluding tert-OH is 1. The third-order valence-corrected chi connectivity index (χ3v) is 15.4. The van der Waals surface area contributed by atoms with Crippen molar-refractivity contribution in [2.75, 3.05) is 64.8 Å². The average molecular weight is 839 g/mol. The van der Waals surface area contributed by atoms with Crippen LogP contribution < -0.4 is 30.0 Å². The Morgan fingerprint density at radius 1 is 0.797 bits per heavy atom. The number of rotatable bonds is 17. The Morgan fingerprint density at radius 3 is 1.83 bits per heavy atom. The molecule has 0 spiro atoms. The van der Waals surface area contributed by atoms with E-state index >= 15 is 0 Å². The minimum Gasteiger partial charge on any atom is -0.493 e. The summed E-state index contributed by atoms with van der Waals surface area (Å²) < 4.78 is 35.4. The Hall–Kier alpha value is -4.73. The van der Waals surface area contributed by atoms with E-state index in [0.29, 0.717) is 86.3 Å². The Balaban J connectivity index is 1.36. The Labute approximate surface area is 351 Å². The number of methoxy groups -OCH3 is 2. The summed E-state index contributed by atoms with van der Waals surface area (Å²) in [6, 6.07) is 5.79. The van der Waals surface area contributed by atoms with Crippen LogP contribution in [0.15, 0.2) is 48.6 Å². The molecule has 4 N–H and O–H groups in total. The predicted molar refractivity (Wildman–Crippen MR) is 232 cm³/mol. The first kappa shape index (κ1) is 47.0. The van der Waals surface area contributed by atoms with Crippen molar-refractivity contribution in [2.45, 2.75) is 109 Å². The van der Waals surface area contributed by atoms with Gasteiger partial charge < -0.3 is 48.8 Å². The molecular formula is C44H66N4O10Si. The van der Waals surface area contributed by atoms with Gasteiger partial charge in [0.05, 0.1) is 69.5 Å². The van der Waals surface area contributed by atoms with Crippen LogP contribution in [0.2, 0.25) is 18.1 Å². The Morgan fingerprint density at radius 2 is 1.31 bits per heavy atom. The summed E-state index contributed by atoms with van der Waals surface area (Å²) in [5, 5.41) is 12.7. The number of likely N-dealkylation sites (tertiary alicyclic amines) is 2. The van der Waals surface area contributed by atoms with Gasteiger partial charge >= 0.3 is 6.09 Å². The summed E-state index contributed by atoms with van der Waals surface area (Å²) >= 11 is 0. The van der Waals surface area contributed by atoms with Crippen molar-refractivity contribution >= 4 is 37.6 Å². The van der Waals surface area contributed by atoms with E-state index in [1.54, 1.807) is 43.9 Å². The van der Waals surface area contributed by atoms with Gasteiger partial charge in [-0.1, -0.05) is 45.1 Å². The van der Waals surface area contributed by atoms with Crippen LogP contribution >= 0.6 is 0 Å². The lowest BCUT2D eigenvalue weighted by atomic mass is 10.1. The van der Waals surface area contributed by atoms with Crippen molar-refractivity contribution in [1.82, 2.24) is 9.80 Å². The minimum absolute atomic E-state index is 0.0504. The first-order valence-electron chi connectivity index (χ1n) is 20.2. The maximum atomic E-state index is 13.9. The standard InChI is InChI=1S/C44H66N4O10Si/c1-28-18-30(26-49)47(24-28)41(51)33-21-37(54-10)39(23-35(33)46-42(52)58-43(3,4)5)56-17-15-13-14-16-55-38-22-34(45)32(20-36(38)53-9)40(50)48-25-29(2)19-31(48)27-57-59(11,12)44(6,7)8/h20-23,30-31,49H,1-2,13-19,24-27,45H2,3-12H3,(H,46,52)/t30-,31-/m0/s1. The van der Waals surface area contributed by atoms with Gasteiger partial charge in [-0.05, 0) is 83.1 Å². The maximum absolute atomic E-state index is 13.9. The molecule has 2 aromatic carbocycles. The fourth-order valence-electron chi connectivity index (χ4n) is 6.68. The number of amides is 3. The molecule has 2 heterocycles. The van der Waals surface area contributed by atoms with Crippen LogP contribution in [0.1, 0.15) is 94.4 Å². The zero-order chi connectivity index (χ0) is 43.9. The number of carbonyl (C=O) groups is 3. The third kappa shape index (κ3) is 12.2. The van der Waals surface area contributed by atoms with Gasteiger partial charge in [0.1, 0.15) is 5.60 Å². The number of carbonyl (C=O) groups excluding carboxylic acids is 3. The first-order valence-corrected chi connectivity index (χ1v) is 23.1. The van der Waals surface area contributed by atoms with Gasteiger partial charge in [0.25, 0.3) is 11.8 Å². The topological polar surface area (TPSA) is 171 Å². The van der Waals surface area contributed by atoms with Crippen LogP contribution in [0.25, 0.3) is 0 Å². The van der Waals surface area contributed by atoms with Crippen LogP contribution in [0.3, 0.4) is 0 Å². The number of unbranched alkanes of at least 4 members (excludes halogenated alkanes) is 2. The van der Waals surface area contributed by atoms with Gasteiger partial charge in [-0.3, -0.25) is 14.9 Å². The molecule has 2 atom stereocenters. The highest BCUT2D eigenvalue weighted by molar-refractivity contribution is 6.74. The average Bonchev–Trinajstić information content (AvgIpc) is 3.73. The number of nitrogen functional groups attached to an aromatic ring is 1. The molecule has 14 nitrogen and oxygen atoms in total. The van der Waals surface area contributed by atoms with Crippen molar-refractivity contribution in [1.29, 1.82) is 0 Å². The molecule has 0 radical (unpaired) electrons. The quantitative estimate of drug-likeness (QED) is 0.0614. The first-order chi connectivity index (χ1) is 27.6. The van der Waals surface area contributed by atoms with Gasteiger partial charge in [-0.2, -0.15) is 0 Å². The molecule has 2 aliphatic rings. The van der Waals surface area contributed by atoms with E-state index < -0.39 is 32.0 Å². The molecule has 0 bridgehead atoms. The number of aliphatic hydroxyl groups is 1. The van der Waals surface area contributed by atoms with Crippen molar-refractivity contribution in [3.8, 4) is 23.0 Å². The van der Waals surface area contributed by atoms with Gasteiger partial charge in [0.15, 0.2) is 31.3 Å². The van der Waals surface area contributed by atoms with Crippen LogP contribution in [0, 0.1) is 0 Å². The molecule has 2 saturated heterocycles. The molecule has 0 aliphatic carbocycles. The second kappa shape index (κ2) is 19.6. The second-order valence-corrected chi connectivity index (χ2v) is 22.7. The fraction of sp³-hybridized carbons (Fsp3) is 0.568. The number of nitrogens with zero attached hydrogens (tertiary/aromatic N) is 2. The predicted octanol–water partition coefficient (Wildman–Crippen LogP) is 7.82. The zero-order valence-corrected chi connectivity index (χ0v) is 37.7. The van der Waals surface area contributed by atoms with E-state index in [4.69, 9.17) is 33.8 Å². The van der Waals surface area contributed by atoms with Gasteiger partial charge in [0.2, 0.25) is 0 Å². The van der Waals surface area contributed by atoms with Crippen molar-refractivity contribution in [2.24, 2.45) is 0 Å². The fourth-order valence-corrected chi connectivity index (χ4v) is 7.72. The SMILES string of the molecule is C=C1C[C@@H](CO[Si](C)(C)C(C)(C)C)N(C(=O)c2cc(OC)c(OCCCCCOc3cc(NC(=O)OC(C)(C)C)c(C(=O)N4CC(=C)C[C@H]4CO)cc3OC)cc2N)C1. The number of nitrogens with one attached hydrogen (secondary N) is 1. The number of anilines is 2. The van der Waals surface area contributed by atoms with Crippen molar-refractivity contribution < 1.29 is 47.6 Å². The van der Waals surface area contributed by atoms with Crippen molar-refractivity contribution in [3.63, 3.8) is 0 Å². The van der Waals surface area contributed by atoms with E-state index in [-0.39, 0.29) is 41.4 Å².